The van der Waals surface area contributed by atoms with Crippen molar-refractivity contribution in [3.05, 3.63) is 33.5 Å². The summed E-state index contributed by atoms with van der Waals surface area (Å²) in [7, 11) is 1.68. The third-order valence-electron chi connectivity index (χ3n) is 2.32. The molecule has 6 heteroatoms. The third kappa shape index (κ3) is 2.94. The molecule has 0 N–H and O–H groups in total. The molecule has 0 spiro atoms. The summed E-state index contributed by atoms with van der Waals surface area (Å²) in [5.74, 6) is 0.829. The first-order chi connectivity index (χ1) is 8.22. The van der Waals surface area contributed by atoms with Crippen molar-refractivity contribution in [2.24, 2.45) is 0 Å². The van der Waals surface area contributed by atoms with E-state index in [9.17, 15) is 0 Å². The van der Waals surface area contributed by atoms with Crippen LogP contribution in [0.15, 0.2) is 33.5 Å². The lowest BCUT2D eigenvalue weighted by Gasteiger charge is -2.07. The van der Waals surface area contributed by atoms with Gasteiger partial charge in [-0.3, -0.25) is 0 Å². The minimum atomic E-state index is 0.636. The highest BCUT2D eigenvalue weighted by molar-refractivity contribution is 9.11. The fraction of sp³-hybridized carbons (Fsp3) is 0.273. The molecule has 0 saturated carbocycles. The molecule has 0 amide bonds. The number of nitrogens with zero attached hydrogens (tertiary/aromatic N) is 3. The molecular weight excluding hydrogens is 350 g/mol. The van der Waals surface area contributed by atoms with Crippen LogP contribution in [0, 0.1) is 0 Å². The molecule has 2 aromatic rings. The normalized spacial score (nSPS) is 10.8. The van der Waals surface area contributed by atoms with Crippen LogP contribution in [-0.2, 0) is 11.3 Å². The molecule has 1 heterocycles. The van der Waals surface area contributed by atoms with Gasteiger partial charge < -0.3 is 9.30 Å². The number of halogens is 2. The first-order valence-electron chi connectivity index (χ1n) is 5.04. The molecule has 0 radical (unpaired) electrons. The Balaban J connectivity index is 2.38. The summed E-state index contributed by atoms with van der Waals surface area (Å²) in [6.07, 6.45) is 1.71. The van der Waals surface area contributed by atoms with Gasteiger partial charge in [0.1, 0.15) is 6.33 Å². The Morgan fingerprint density at radius 3 is 2.94 bits per heavy atom. The maximum Gasteiger partial charge on any atom is 0.165 e. The van der Waals surface area contributed by atoms with Gasteiger partial charge in [0, 0.05) is 28.2 Å². The molecular formula is C11H11Br2N3O. The Bertz CT molecular complexity index is 513. The van der Waals surface area contributed by atoms with Crippen LogP contribution in [0.1, 0.15) is 0 Å². The molecule has 2 rings (SSSR count). The minimum absolute atomic E-state index is 0.636. The van der Waals surface area contributed by atoms with Crippen LogP contribution in [0.4, 0.5) is 0 Å². The fourth-order valence-electron chi connectivity index (χ4n) is 1.49. The molecule has 0 aliphatic carbocycles. The number of ether oxygens (including phenoxy) is 1. The summed E-state index contributed by atoms with van der Waals surface area (Å²) in [6.45, 7) is 1.37. The molecule has 4 nitrogen and oxygen atoms in total. The monoisotopic (exact) mass is 359 g/mol. The van der Waals surface area contributed by atoms with Crippen LogP contribution < -0.4 is 0 Å². The van der Waals surface area contributed by atoms with Gasteiger partial charge in [-0.1, -0.05) is 31.9 Å². The van der Waals surface area contributed by atoms with E-state index >= 15 is 0 Å². The predicted octanol–water partition coefficient (Wildman–Crippen LogP) is 3.12. The van der Waals surface area contributed by atoms with Gasteiger partial charge in [-0.25, -0.2) is 0 Å². The number of aromatic nitrogens is 3. The highest BCUT2D eigenvalue weighted by Crippen LogP contribution is 2.29. The van der Waals surface area contributed by atoms with Crippen molar-refractivity contribution in [3.8, 4) is 11.4 Å². The second-order valence-corrected chi connectivity index (χ2v) is 5.23. The molecule has 0 unspecified atom stereocenters. The zero-order valence-electron chi connectivity index (χ0n) is 9.23. The van der Waals surface area contributed by atoms with E-state index in [1.807, 2.05) is 22.8 Å². The van der Waals surface area contributed by atoms with E-state index in [1.165, 1.54) is 0 Å². The van der Waals surface area contributed by atoms with Crippen molar-refractivity contribution in [2.45, 2.75) is 6.54 Å². The second-order valence-electron chi connectivity index (χ2n) is 3.46. The molecule has 0 aliphatic rings. The van der Waals surface area contributed by atoms with Gasteiger partial charge in [0.15, 0.2) is 5.82 Å². The summed E-state index contributed by atoms with van der Waals surface area (Å²) >= 11 is 6.98. The zero-order valence-corrected chi connectivity index (χ0v) is 12.4. The van der Waals surface area contributed by atoms with Crippen LogP contribution in [0.5, 0.6) is 0 Å². The number of hydrogen-bond acceptors (Lipinski definition) is 3. The number of methoxy groups -OCH3 is 1. The average Bonchev–Trinajstić information content (AvgIpc) is 2.77. The highest BCUT2D eigenvalue weighted by atomic mass is 79.9. The van der Waals surface area contributed by atoms with E-state index in [2.05, 4.69) is 42.1 Å². The molecule has 0 saturated heterocycles. The fourth-order valence-corrected chi connectivity index (χ4v) is 2.27. The van der Waals surface area contributed by atoms with Crippen molar-refractivity contribution in [2.75, 3.05) is 13.7 Å². The van der Waals surface area contributed by atoms with Gasteiger partial charge in [0.2, 0.25) is 0 Å². The van der Waals surface area contributed by atoms with Crippen molar-refractivity contribution < 1.29 is 4.74 Å². The molecule has 0 bridgehead atoms. The van der Waals surface area contributed by atoms with Crippen LogP contribution in [0.25, 0.3) is 11.4 Å². The van der Waals surface area contributed by atoms with Crippen molar-refractivity contribution in [1.82, 2.24) is 14.8 Å². The highest BCUT2D eigenvalue weighted by Gasteiger charge is 2.11. The quantitative estimate of drug-likeness (QED) is 0.840. The number of hydrogen-bond donors (Lipinski definition) is 0. The SMILES string of the molecule is COCCn1cnnc1-c1cc(Br)ccc1Br. The molecule has 1 aromatic heterocycles. The number of rotatable bonds is 4. The molecule has 90 valence electrons. The van der Waals surface area contributed by atoms with Gasteiger partial charge in [-0.15, -0.1) is 10.2 Å². The smallest absolute Gasteiger partial charge is 0.165 e. The van der Waals surface area contributed by atoms with E-state index in [4.69, 9.17) is 4.74 Å². The minimum Gasteiger partial charge on any atom is -0.383 e. The lowest BCUT2D eigenvalue weighted by Crippen LogP contribution is -2.05. The van der Waals surface area contributed by atoms with Crippen molar-refractivity contribution in [3.63, 3.8) is 0 Å². The molecule has 1 aromatic carbocycles. The zero-order chi connectivity index (χ0) is 12.3. The summed E-state index contributed by atoms with van der Waals surface area (Å²) < 4.78 is 9.03. The van der Waals surface area contributed by atoms with Crippen LogP contribution in [0.3, 0.4) is 0 Å². The Kier molecular flexibility index (Phi) is 4.31. The first-order valence-corrected chi connectivity index (χ1v) is 6.63. The van der Waals surface area contributed by atoms with Gasteiger partial charge in [0.05, 0.1) is 6.61 Å². The largest absolute Gasteiger partial charge is 0.383 e. The molecule has 0 aliphatic heterocycles. The van der Waals surface area contributed by atoms with Crippen LogP contribution >= 0.6 is 31.9 Å². The second kappa shape index (κ2) is 5.75. The molecule has 0 fully saturated rings. The van der Waals surface area contributed by atoms with Crippen LogP contribution in [-0.4, -0.2) is 28.5 Å². The van der Waals surface area contributed by atoms with E-state index in [0.29, 0.717) is 6.61 Å². The number of benzene rings is 1. The van der Waals surface area contributed by atoms with Gasteiger partial charge in [0.25, 0.3) is 0 Å². The third-order valence-corrected chi connectivity index (χ3v) is 3.51. The lowest BCUT2D eigenvalue weighted by atomic mass is 10.2. The van der Waals surface area contributed by atoms with Gasteiger partial charge in [-0.2, -0.15) is 0 Å². The first kappa shape index (κ1) is 12.7. The Morgan fingerprint density at radius 1 is 1.35 bits per heavy atom. The van der Waals surface area contributed by atoms with Crippen LogP contribution in [0.2, 0.25) is 0 Å². The van der Waals surface area contributed by atoms with E-state index in [0.717, 1.165) is 26.9 Å². The summed E-state index contributed by atoms with van der Waals surface area (Å²) in [5, 5.41) is 8.09. The van der Waals surface area contributed by atoms with E-state index in [-0.39, 0.29) is 0 Å². The Morgan fingerprint density at radius 2 is 2.18 bits per heavy atom. The summed E-state index contributed by atoms with van der Waals surface area (Å²) in [5.41, 5.74) is 1.01. The van der Waals surface area contributed by atoms with Crippen molar-refractivity contribution in [1.29, 1.82) is 0 Å². The van der Waals surface area contributed by atoms with Gasteiger partial charge in [-0.05, 0) is 18.2 Å². The lowest BCUT2D eigenvalue weighted by molar-refractivity contribution is 0.187. The van der Waals surface area contributed by atoms with Gasteiger partial charge >= 0.3 is 0 Å². The topological polar surface area (TPSA) is 39.9 Å². The Hall–Kier alpha value is -0.720. The summed E-state index contributed by atoms with van der Waals surface area (Å²) in [6, 6.07) is 5.97. The maximum atomic E-state index is 5.06. The maximum absolute atomic E-state index is 5.06. The van der Waals surface area contributed by atoms with E-state index in [1.54, 1.807) is 13.4 Å². The molecule has 0 atom stereocenters. The average molecular weight is 361 g/mol. The summed E-state index contributed by atoms with van der Waals surface area (Å²) in [4.78, 5) is 0. The Labute approximate surface area is 116 Å². The van der Waals surface area contributed by atoms with E-state index < -0.39 is 0 Å². The van der Waals surface area contributed by atoms with Crippen molar-refractivity contribution >= 4 is 31.9 Å². The standard InChI is InChI=1S/C11H11Br2N3O/c1-17-5-4-16-7-14-15-11(16)9-6-8(12)2-3-10(9)13/h2-3,6-7H,4-5H2,1H3. The predicted molar refractivity (Wildman–Crippen MR) is 72.7 cm³/mol. The molecule has 17 heavy (non-hydrogen) atoms.